The van der Waals surface area contributed by atoms with Gasteiger partial charge in [0.2, 0.25) is 5.91 Å². The van der Waals surface area contributed by atoms with Gasteiger partial charge in [-0.05, 0) is 57.8 Å². The lowest BCUT2D eigenvalue weighted by Gasteiger charge is -2.20. The summed E-state index contributed by atoms with van der Waals surface area (Å²) < 4.78 is 5.48. The van der Waals surface area contributed by atoms with Gasteiger partial charge in [0.1, 0.15) is 0 Å². The van der Waals surface area contributed by atoms with E-state index in [-0.39, 0.29) is 18.5 Å². The van der Waals surface area contributed by atoms with Crippen LogP contribution in [-0.4, -0.2) is 47.4 Å². The number of carbonyl (C=O) groups excluding carboxylic acids is 2. The van der Waals surface area contributed by atoms with E-state index in [9.17, 15) is 19.8 Å². The van der Waals surface area contributed by atoms with Gasteiger partial charge in [0.15, 0.2) is 0 Å². The molecule has 0 aromatic heterocycles. The van der Waals surface area contributed by atoms with Gasteiger partial charge in [0, 0.05) is 12.8 Å². The number of amides is 1. The predicted octanol–water partition coefficient (Wildman–Crippen LogP) is 22.9. The highest BCUT2D eigenvalue weighted by molar-refractivity contribution is 5.76. The lowest BCUT2D eigenvalue weighted by Crippen LogP contribution is -2.45. The van der Waals surface area contributed by atoms with Crippen molar-refractivity contribution >= 4 is 11.9 Å². The molecule has 0 aliphatic rings. The fourth-order valence-corrected chi connectivity index (χ4v) is 11.3. The van der Waals surface area contributed by atoms with Crippen LogP contribution in [0.2, 0.25) is 0 Å². The molecule has 3 N–H and O–H groups in total. The zero-order chi connectivity index (χ0) is 56.4. The van der Waals surface area contributed by atoms with Crippen LogP contribution in [0.5, 0.6) is 0 Å². The maximum Gasteiger partial charge on any atom is 0.305 e. The second-order valence-electron chi connectivity index (χ2n) is 24.6. The van der Waals surface area contributed by atoms with Gasteiger partial charge in [-0.3, -0.25) is 9.59 Å². The van der Waals surface area contributed by atoms with Crippen LogP contribution >= 0.6 is 0 Å². The van der Waals surface area contributed by atoms with E-state index in [1.54, 1.807) is 6.08 Å². The van der Waals surface area contributed by atoms with E-state index in [1.807, 2.05) is 6.08 Å². The zero-order valence-corrected chi connectivity index (χ0v) is 52.9. The van der Waals surface area contributed by atoms with Crippen LogP contribution in [0, 0.1) is 0 Å². The van der Waals surface area contributed by atoms with Crippen molar-refractivity contribution in [3.05, 3.63) is 24.3 Å². The molecule has 2 unspecified atom stereocenters. The maximum absolute atomic E-state index is 12.5. The van der Waals surface area contributed by atoms with Gasteiger partial charge in [-0.15, -0.1) is 0 Å². The van der Waals surface area contributed by atoms with Gasteiger partial charge < -0.3 is 20.3 Å². The van der Waals surface area contributed by atoms with E-state index < -0.39 is 12.1 Å². The number of esters is 1. The average molecular weight is 1100 g/mol. The van der Waals surface area contributed by atoms with Gasteiger partial charge in [0.25, 0.3) is 0 Å². The first-order valence-corrected chi connectivity index (χ1v) is 35.6. The third-order valence-corrected chi connectivity index (χ3v) is 16.7. The molecule has 462 valence electrons. The van der Waals surface area contributed by atoms with E-state index in [1.165, 1.54) is 327 Å². The lowest BCUT2D eigenvalue weighted by molar-refractivity contribution is -0.143. The molecule has 0 bridgehead atoms. The quantitative estimate of drug-likeness (QED) is 0.0320. The molecule has 0 spiro atoms. The smallest absolute Gasteiger partial charge is 0.305 e. The fraction of sp³-hybridized carbons (Fsp3) is 0.917. The van der Waals surface area contributed by atoms with E-state index in [0.29, 0.717) is 19.4 Å². The zero-order valence-electron chi connectivity index (χ0n) is 52.9. The molecule has 0 radical (unpaired) electrons. The van der Waals surface area contributed by atoms with Crippen LogP contribution in [0.4, 0.5) is 0 Å². The Bertz CT molecular complexity index is 1220. The highest BCUT2D eigenvalue weighted by Gasteiger charge is 2.18. The minimum Gasteiger partial charge on any atom is -0.466 e. The summed E-state index contributed by atoms with van der Waals surface area (Å²) in [5.41, 5.74) is 0. The molecule has 2 atom stereocenters. The van der Waals surface area contributed by atoms with E-state index in [4.69, 9.17) is 4.74 Å². The SMILES string of the molecule is CCCCCC/C=C\CCCCCCCC(=O)OCCCCCCCCCCCCCCCCCCCCCCCCCC(=O)NC(CO)C(O)/C=C/CCCCCCCCCCCCCCCCCCCCCCCCC. The van der Waals surface area contributed by atoms with Crippen molar-refractivity contribution < 1.29 is 24.5 Å². The summed E-state index contributed by atoms with van der Waals surface area (Å²) in [4.78, 5) is 24.6. The molecule has 0 aromatic rings. The highest BCUT2D eigenvalue weighted by atomic mass is 16.5. The summed E-state index contributed by atoms with van der Waals surface area (Å²) in [6.07, 6.45) is 85.4. The molecule has 0 heterocycles. The molecule has 78 heavy (non-hydrogen) atoms. The fourth-order valence-electron chi connectivity index (χ4n) is 11.3. The number of allylic oxidation sites excluding steroid dienone is 3. The van der Waals surface area contributed by atoms with Crippen LogP contribution in [0.3, 0.4) is 0 Å². The molecule has 0 fully saturated rings. The van der Waals surface area contributed by atoms with Crippen LogP contribution < -0.4 is 5.32 Å². The number of rotatable bonds is 67. The van der Waals surface area contributed by atoms with Crippen LogP contribution in [0.15, 0.2) is 24.3 Å². The first-order valence-electron chi connectivity index (χ1n) is 35.6. The Balaban J connectivity index is 3.41. The largest absolute Gasteiger partial charge is 0.466 e. The van der Waals surface area contributed by atoms with Crippen molar-refractivity contribution in [1.82, 2.24) is 5.32 Å². The van der Waals surface area contributed by atoms with Crippen molar-refractivity contribution in [3.8, 4) is 0 Å². The number of hydrogen-bond acceptors (Lipinski definition) is 5. The molecule has 0 rings (SSSR count). The Labute approximate surface area is 488 Å². The first kappa shape index (κ1) is 76.3. The molecule has 0 aromatic carbocycles. The van der Waals surface area contributed by atoms with Gasteiger partial charge in [-0.1, -0.05) is 353 Å². The van der Waals surface area contributed by atoms with Crippen molar-refractivity contribution in [2.45, 2.75) is 411 Å². The predicted molar refractivity (Wildman–Crippen MR) is 343 cm³/mol. The third kappa shape index (κ3) is 63.5. The van der Waals surface area contributed by atoms with Crippen LogP contribution in [-0.2, 0) is 14.3 Å². The minimum absolute atomic E-state index is 0.00547. The molecule has 0 saturated carbocycles. The summed E-state index contributed by atoms with van der Waals surface area (Å²) in [5, 5.41) is 23.3. The van der Waals surface area contributed by atoms with E-state index >= 15 is 0 Å². The van der Waals surface area contributed by atoms with Gasteiger partial charge in [0.05, 0.1) is 25.4 Å². The average Bonchev–Trinajstić information content (AvgIpc) is 3.44. The molecule has 6 heteroatoms. The summed E-state index contributed by atoms with van der Waals surface area (Å²) in [6, 6.07) is -0.629. The van der Waals surface area contributed by atoms with Gasteiger partial charge in [-0.2, -0.15) is 0 Å². The minimum atomic E-state index is -0.846. The number of nitrogens with one attached hydrogen (secondary N) is 1. The summed E-state index contributed by atoms with van der Waals surface area (Å²) >= 11 is 0. The molecule has 1 amide bonds. The number of ether oxygens (including phenoxy) is 1. The van der Waals surface area contributed by atoms with E-state index in [0.717, 1.165) is 44.9 Å². The van der Waals surface area contributed by atoms with Crippen molar-refractivity contribution in [2.24, 2.45) is 0 Å². The molecule has 0 saturated heterocycles. The highest BCUT2D eigenvalue weighted by Crippen LogP contribution is 2.19. The Morgan fingerprint density at radius 2 is 0.603 bits per heavy atom. The lowest BCUT2D eigenvalue weighted by atomic mass is 10.0. The third-order valence-electron chi connectivity index (χ3n) is 16.7. The van der Waals surface area contributed by atoms with E-state index in [2.05, 4.69) is 31.3 Å². The monoisotopic (exact) mass is 1100 g/mol. The Kier molecular flexibility index (Phi) is 66.4. The molecule has 6 nitrogen and oxygen atoms in total. The topological polar surface area (TPSA) is 95.9 Å². The number of carbonyl (C=O) groups is 2. The Hall–Kier alpha value is -1.66. The first-order chi connectivity index (χ1) is 38.5. The summed E-state index contributed by atoms with van der Waals surface area (Å²) in [6.45, 7) is 4.92. The van der Waals surface area contributed by atoms with Crippen molar-refractivity contribution in [3.63, 3.8) is 0 Å². The number of aliphatic hydroxyl groups is 2. The van der Waals surface area contributed by atoms with Crippen molar-refractivity contribution in [2.75, 3.05) is 13.2 Å². The molecular weight excluding hydrogens is 959 g/mol. The normalized spacial score (nSPS) is 12.6. The van der Waals surface area contributed by atoms with Crippen LogP contribution in [0.25, 0.3) is 0 Å². The Morgan fingerprint density at radius 3 is 0.923 bits per heavy atom. The number of hydrogen-bond donors (Lipinski definition) is 3. The van der Waals surface area contributed by atoms with Gasteiger partial charge >= 0.3 is 5.97 Å². The summed E-state index contributed by atoms with van der Waals surface area (Å²) in [5.74, 6) is -0.0574. The number of unbranched alkanes of at least 4 members (excludes halogenated alkanes) is 54. The van der Waals surface area contributed by atoms with Crippen molar-refractivity contribution in [1.29, 1.82) is 0 Å². The Morgan fingerprint density at radius 1 is 0.346 bits per heavy atom. The summed E-state index contributed by atoms with van der Waals surface area (Å²) in [7, 11) is 0. The van der Waals surface area contributed by atoms with Gasteiger partial charge in [-0.25, -0.2) is 0 Å². The molecule has 0 aliphatic heterocycles. The second-order valence-corrected chi connectivity index (χ2v) is 24.6. The maximum atomic E-state index is 12.5. The molecular formula is C72H139NO5. The van der Waals surface area contributed by atoms with Crippen LogP contribution in [0.1, 0.15) is 399 Å². The standard InChI is InChI=1S/C72H139NO5/c1-3-5-7-9-11-13-15-17-18-19-20-21-22-23-25-28-31-34-37-41-44-48-52-56-60-64-70(75)69(68-74)73-71(76)65-61-57-53-49-45-42-38-35-32-29-26-24-27-30-33-36-39-43-47-51-55-59-63-67-78-72(77)66-62-58-54-50-46-40-16-14-12-10-8-6-4-2/h14,16,60,64,69-70,74-75H,3-13,15,17-59,61-63,65-68H2,1-2H3,(H,73,76)/b16-14-,64-60+. The second kappa shape index (κ2) is 67.8. The molecule has 0 aliphatic carbocycles. The number of aliphatic hydroxyl groups excluding tert-OH is 2.